The van der Waals surface area contributed by atoms with Gasteiger partial charge in [-0.05, 0) is 60.0 Å². The maximum absolute atomic E-state index is 13.3. The van der Waals surface area contributed by atoms with Gasteiger partial charge in [-0.1, -0.05) is 48.9 Å². The average Bonchev–Trinajstić information content (AvgIpc) is 3.20. The third-order valence-electron chi connectivity index (χ3n) is 5.75. The molecule has 0 spiro atoms. The van der Waals surface area contributed by atoms with Gasteiger partial charge in [0.2, 0.25) is 5.91 Å². The van der Waals surface area contributed by atoms with Gasteiger partial charge in [0.1, 0.15) is 5.82 Å². The summed E-state index contributed by atoms with van der Waals surface area (Å²) in [5.41, 5.74) is 2.22. The van der Waals surface area contributed by atoms with Crippen molar-refractivity contribution in [3.63, 3.8) is 0 Å². The van der Waals surface area contributed by atoms with Crippen molar-refractivity contribution < 1.29 is 23.5 Å². The lowest BCUT2D eigenvalue weighted by Gasteiger charge is -2.24. The van der Waals surface area contributed by atoms with Gasteiger partial charge in [0.15, 0.2) is 12.1 Å². The van der Waals surface area contributed by atoms with Crippen LogP contribution < -0.4 is 10.6 Å². The Hall–Kier alpha value is -3.91. The molecule has 1 saturated heterocycles. The number of halogens is 2. The van der Waals surface area contributed by atoms with Crippen LogP contribution in [0.25, 0.3) is 0 Å². The molecule has 1 heterocycles. The fourth-order valence-electron chi connectivity index (χ4n) is 3.94. The smallest absolute Gasteiger partial charge is 0.411 e. The van der Waals surface area contributed by atoms with Gasteiger partial charge in [0, 0.05) is 22.8 Å². The topological polar surface area (TPSA) is 87.7 Å². The number of nitrogens with one attached hydrogen (secondary N) is 2. The third kappa shape index (κ3) is 5.83. The first-order valence-electron chi connectivity index (χ1n) is 11.5. The lowest BCUT2D eigenvalue weighted by Crippen LogP contribution is -2.46. The Labute approximate surface area is 213 Å². The summed E-state index contributed by atoms with van der Waals surface area (Å²) in [6.45, 7) is 2.48. The van der Waals surface area contributed by atoms with Gasteiger partial charge in [0.25, 0.3) is 5.91 Å². The number of anilines is 1. The van der Waals surface area contributed by atoms with Crippen LogP contribution in [0.2, 0.25) is 5.02 Å². The maximum Gasteiger partial charge on any atom is 0.411 e. The molecule has 1 fully saturated rings. The lowest BCUT2D eigenvalue weighted by molar-refractivity contribution is -0.126. The highest BCUT2D eigenvalue weighted by Crippen LogP contribution is 2.34. The minimum atomic E-state index is -0.916. The van der Waals surface area contributed by atoms with Crippen molar-refractivity contribution in [1.29, 1.82) is 0 Å². The number of nitrogens with zero attached hydrogens (tertiary/aromatic N) is 1. The highest BCUT2D eigenvalue weighted by Gasteiger charge is 2.46. The van der Waals surface area contributed by atoms with E-state index in [0.29, 0.717) is 33.9 Å². The van der Waals surface area contributed by atoms with E-state index in [-0.39, 0.29) is 24.2 Å². The van der Waals surface area contributed by atoms with Gasteiger partial charge in [-0.3, -0.25) is 14.5 Å². The molecule has 0 aliphatic carbocycles. The van der Waals surface area contributed by atoms with E-state index in [1.165, 1.54) is 17.0 Å². The van der Waals surface area contributed by atoms with E-state index in [4.69, 9.17) is 16.3 Å². The predicted molar refractivity (Wildman–Crippen MR) is 134 cm³/mol. The van der Waals surface area contributed by atoms with E-state index in [9.17, 15) is 18.8 Å². The summed E-state index contributed by atoms with van der Waals surface area (Å²) in [6.07, 6.45) is -0.761. The van der Waals surface area contributed by atoms with Crippen molar-refractivity contribution in [2.24, 2.45) is 0 Å². The zero-order valence-electron chi connectivity index (χ0n) is 19.5. The van der Waals surface area contributed by atoms with Crippen LogP contribution >= 0.6 is 11.6 Å². The summed E-state index contributed by atoms with van der Waals surface area (Å²) in [5, 5.41) is 6.09. The van der Waals surface area contributed by atoms with E-state index in [1.54, 1.807) is 60.7 Å². The molecule has 0 bridgehead atoms. The molecular weight excluding hydrogens is 485 g/mol. The normalized spacial score (nSPS) is 17.0. The molecule has 3 amide bonds. The molecule has 36 heavy (non-hydrogen) atoms. The standard InChI is InChI=1S/C27H25ClFN3O4/c1-2-14-30-26(34)23-24(36-27(35)32(23)16-17-6-10-21(29)11-7-17)18-8-12-22(13-9-18)31-25(33)19-4-3-5-20(28)15-19/h3-13,15,23-24H,2,14,16H2,1H3,(H,30,34)(H,31,33)/t23-,24-/m0/s1. The van der Waals surface area contributed by atoms with Gasteiger partial charge in [-0.15, -0.1) is 0 Å². The van der Waals surface area contributed by atoms with Gasteiger partial charge in [0.05, 0.1) is 6.54 Å². The van der Waals surface area contributed by atoms with E-state index in [1.807, 2.05) is 6.92 Å². The summed E-state index contributed by atoms with van der Waals surface area (Å²) in [5.74, 6) is -1.05. The Morgan fingerprint density at radius 2 is 1.78 bits per heavy atom. The van der Waals surface area contributed by atoms with E-state index in [0.717, 1.165) is 6.42 Å². The SMILES string of the molecule is CCCNC(=O)[C@@H]1[C@H](c2ccc(NC(=O)c3cccc(Cl)c3)cc2)OC(=O)N1Cc1ccc(F)cc1. The summed E-state index contributed by atoms with van der Waals surface area (Å²) in [6, 6.07) is 18.2. The highest BCUT2D eigenvalue weighted by molar-refractivity contribution is 6.31. The van der Waals surface area contributed by atoms with E-state index < -0.39 is 18.2 Å². The molecule has 186 valence electrons. The number of hydrogen-bond acceptors (Lipinski definition) is 4. The van der Waals surface area contributed by atoms with Crippen LogP contribution in [0.5, 0.6) is 0 Å². The Bertz CT molecular complexity index is 1250. The van der Waals surface area contributed by atoms with Crippen LogP contribution in [-0.4, -0.2) is 35.4 Å². The quantitative estimate of drug-likeness (QED) is 0.430. The van der Waals surface area contributed by atoms with Crippen molar-refractivity contribution in [2.45, 2.75) is 32.0 Å². The fourth-order valence-corrected chi connectivity index (χ4v) is 4.13. The molecule has 0 unspecified atom stereocenters. The number of cyclic esters (lactones) is 1. The van der Waals surface area contributed by atoms with Gasteiger partial charge in [-0.25, -0.2) is 9.18 Å². The number of carbonyl (C=O) groups excluding carboxylic acids is 3. The molecule has 0 radical (unpaired) electrons. The molecule has 7 nitrogen and oxygen atoms in total. The van der Waals surface area contributed by atoms with Crippen LogP contribution in [0.1, 0.15) is 40.9 Å². The number of amides is 3. The van der Waals surface area contributed by atoms with Crippen LogP contribution in [0, 0.1) is 5.82 Å². The zero-order chi connectivity index (χ0) is 25.7. The summed E-state index contributed by atoms with van der Waals surface area (Å²) in [4.78, 5) is 39.7. The molecular formula is C27H25ClFN3O4. The van der Waals surface area contributed by atoms with Crippen LogP contribution in [0.15, 0.2) is 72.8 Å². The Balaban J connectivity index is 1.54. The van der Waals surface area contributed by atoms with Crippen molar-refractivity contribution in [2.75, 3.05) is 11.9 Å². The van der Waals surface area contributed by atoms with Crippen molar-refractivity contribution >= 4 is 35.2 Å². The summed E-state index contributed by atoms with van der Waals surface area (Å²) < 4.78 is 19.0. The van der Waals surface area contributed by atoms with Gasteiger partial charge in [-0.2, -0.15) is 0 Å². The maximum atomic E-state index is 13.3. The molecule has 1 aliphatic heterocycles. The number of rotatable bonds is 8. The second kappa shape index (κ2) is 11.2. The number of hydrogen-bond donors (Lipinski definition) is 2. The summed E-state index contributed by atoms with van der Waals surface area (Å²) >= 11 is 5.96. The first-order valence-corrected chi connectivity index (χ1v) is 11.9. The Morgan fingerprint density at radius 3 is 2.44 bits per heavy atom. The van der Waals surface area contributed by atoms with Crippen LogP contribution in [0.4, 0.5) is 14.9 Å². The highest BCUT2D eigenvalue weighted by atomic mass is 35.5. The second-order valence-corrected chi connectivity index (χ2v) is 8.82. The minimum absolute atomic E-state index is 0.0909. The number of carbonyl (C=O) groups is 3. The van der Waals surface area contributed by atoms with Gasteiger partial charge >= 0.3 is 6.09 Å². The van der Waals surface area contributed by atoms with Crippen LogP contribution in [0.3, 0.4) is 0 Å². The number of ether oxygens (including phenoxy) is 1. The fraction of sp³-hybridized carbons (Fsp3) is 0.222. The molecule has 2 atom stereocenters. The van der Waals surface area contributed by atoms with E-state index >= 15 is 0 Å². The van der Waals surface area contributed by atoms with Gasteiger partial charge < -0.3 is 15.4 Å². The molecule has 0 saturated carbocycles. The van der Waals surface area contributed by atoms with Crippen molar-refractivity contribution in [3.05, 3.63) is 100 Å². The number of benzene rings is 3. The molecule has 4 rings (SSSR count). The Kier molecular flexibility index (Phi) is 7.85. The molecule has 9 heteroatoms. The Morgan fingerprint density at radius 1 is 1.06 bits per heavy atom. The molecule has 2 N–H and O–H groups in total. The monoisotopic (exact) mass is 509 g/mol. The van der Waals surface area contributed by atoms with E-state index in [2.05, 4.69) is 10.6 Å². The van der Waals surface area contributed by atoms with Crippen molar-refractivity contribution in [1.82, 2.24) is 10.2 Å². The first kappa shape index (κ1) is 25.2. The third-order valence-corrected chi connectivity index (χ3v) is 5.99. The lowest BCUT2D eigenvalue weighted by atomic mass is 10.00. The predicted octanol–water partition coefficient (Wildman–Crippen LogP) is 5.32. The summed E-state index contributed by atoms with van der Waals surface area (Å²) in [7, 11) is 0. The second-order valence-electron chi connectivity index (χ2n) is 8.38. The molecule has 3 aromatic rings. The largest absolute Gasteiger partial charge is 0.438 e. The molecule has 0 aromatic heterocycles. The average molecular weight is 510 g/mol. The zero-order valence-corrected chi connectivity index (χ0v) is 20.3. The van der Waals surface area contributed by atoms with Crippen LogP contribution in [-0.2, 0) is 16.1 Å². The first-order chi connectivity index (χ1) is 17.4. The molecule has 1 aliphatic rings. The van der Waals surface area contributed by atoms with Crippen molar-refractivity contribution in [3.8, 4) is 0 Å². The minimum Gasteiger partial charge on any atom is -0.438 e. The molecule has 3 aromatic carbocycles.